The van der Waals surface area contributed by atoms with Gasteiger partial charge in [0.2, 0.25) is 10.0 Å². The quantitative estimate of drug-likeness (QED) is 0.716. The zero-order chi connectivity index (χ0) is 16.3. The zero-order valence-corrected chi connectivity index (χ0v) is 13.9. The van der Waals surface area contributed by atoms with Crippen molar-refractivity contribution in [2.45, 2.75) is 37.0 Å². The smallest absolute Gasteiger partial charge is 0.207 e. The van der Waals surface area contributed by atoms with Gasteiger partial charge in [0.05, 0.1) is 9.79 Å². The van der Waals surface area contributed by atoms with Crippen LogP contribution in [0.25, 0.3) is 0 Å². The monoisotopic (exact) mass is 337 g/mol. The van der Waals surface area contributed by atoms with Crippen LogP contribution in [0.4, 0.5) is 3.89 Å². The van der Waals surface area contributed by atoms with E-state index in [1.165, 1.54) is 16.4 Å². The molecular formula is C13H20FNO4S2. The molecule has 0 saturated heterocycles. The van der Waals surface area contributed by atoms with E-state index in [0.717, 1.165) is 18.6 Å². The van der Waals surface area contributed by atoms with Crippen molar-refractivity contribution in [3.8, 4) is 0 Å². The third-order valence-corrected chi connectivity index (χ3v) is 6.04. The molecule has 0 amide bonds. The van der Waals surface area contributed by atoms with E-state index in [9.17, 15) is 20.7 Å². The third kappa shape index (κ3) is 4.49. The summed E-state index contributed by atoms with van der Waals surface area (Å²) in [5, 5.41) is 0. The molecule has 0 aliphatic rings. The zero-order valence-electron chi connectivity index (χ0n) is 12.3. The molecular weight excluding hydrogens is 317 g/mol. The highest BCUT2D eigenvalue weighted by molar-refractivity contribution is 7.89. The molecule has 0 bridgehead atoms. The summed E-state index contributed by atoms with van der Waals surface area (Å²) in [5.74, 6) is 0.174. The van der Waals surface area contributed by atoms with Crippen molar-refractivity contribution in [3.63, 3.8) is 0 Å². The average Bonchev–Trinajstić information content (AvgIpc) is 2.43. The van der Waals surface area contributed by atoms with Crippen LogP contribution in [0.15, 0.2) is 34.1 Å². The highest BCUT2D eigenvalue weighted by atomic mass is 32.3. The number of hydrogen-bond donors (Lipinski definition) is 0. The summed E-state index contributed by atoms with van der Waals surface area (Å²) in [6.07, 6.45) is 0.824. The van der Waals surface area contributed by atoms with Crippen molar-refractivity contribution in [1.82, 2.24) is 4.31 Å². The van der Waals surface area contributed by atoms with E-state index in [4.69, 9.17) is 0 Å². The molecule has 1 rings (SSSR count). The Morgan fingerprint density at radius 2 is 1.71 bits per heavy atom. The predicted octanol–water partition coefficient (Wildman–Crippen LogP) is 2.40. The maximum absolute atomic E-state index is 13.0. The summed E-state index contributed by atoms with van der Waals surface area (Å²) >= 11 is 0. The van der Waals surface area contributed by atoms with E-state index in [2.05, 4.69) is 0 Å². The molecule has 21 heavy (non-hydrogen) atoms. The average molecular weight is 337 g/mol. The second kappa shape index (κ2) is 6.85. The van der Waals surface area contributed by atoms with Crippen molar-refractivity contribution in [1.29, 1.82) is 0 Å². The predicted molar refractivity (Wildman–Crippen MR) is 78.6 cm³/mol. The van der Waals surface area contributed by atoms with Gasteiger partial charge in [0.1, 0.15) is 0 Å². The maximum Gasteiger partial charge on any atom is 0.332 e. The molecule has 0 spiro atoms. The Morgan fingerprint density at radius 1 is 1.14 bits per heavy atom. The molecule has 1 atom stereocenters. The van der Waals surface area contributed by atoms with Crippen molar-refractivity contribution in [2.24, 2.45) is 5.92 Å². The summed E-state index contributed by atoms with van der Waals surface area (Å²) in [5.41, 5.74) is 0. The largest absolute Gasteiger partial charge is 0.332 e. The van der Waals surface area contributed by atoms with Crippen LogP contribution in [-0.4, -0.2) is 34.2 Å². The molecule has 0 heterocycles. The summed E-state index contributed by atoms with van der Waals surface area (Å²) in [6.45, 7) is 6.19. The lowest BCUT2D eigenvalue weighted by atomic mass is 10.1. The fraction of sp³-hybridized carbons (Fsp3) is 0.538. The molecule has 0 aliphatic carbocycles. The van der Waals surface area contributed by atoms with Crippen LogP contribution in [-0.2, 0) is 20.2 Å². The number of sulfonamides is 1. The van der Waals surface area contributed by atoms with Gasteiger partial charge in [-0.25, -0.2) is 8.42 Å². The normalized spacial score (nSPS) is 14.3. The lowest BCUT2D eigenvalue weighted by molar-refractivity contribution is 0.361. The lowest BCUT2D eigenvalue weighted by Crippen LogP contribution is -2.34. The molecule has 0 aromatic heterocycles. The van der Waals surface area contributed by atoms with Gasteiger partial charge in [0, 0.05) is 13.1 Å². The summed E-state index contributed by atoms with van der Waals surface area (Å²) < 4.78 is 61.1. The fourth-order valence-corrected chi connectivity index (χ4v) is 4.01. The third-order valence-electron chi connectivity index (χ3n) is 3.29. The van der Waals surface area contributed by atoms with E-state index < -0.39 is 25.1 Å². The summed E-state index contributed by atoms with van der Waals surface area (Å²) in [7, 11) is -8.77. The number of nitrogens with zero attached hydrogens (tertiary/aromatic N) is 1. The van der Waals surface area contributed by atoms with Gasteiger partial charge in [-0.2, -0.15) is 12.7 Å². The molecule has 0 N–H and O–H groups in total. The van der Waals surface area contributed by atoms with Crippen LogP contribution >= 0.6 is 0 Å². The minimum absolute atomic E-state index is 0.174. The minimum Gasteiger partial charge on any atom is -0.207 e. The maximum atomic E-state index is 13.0. The lowest BCUT2D eigenvalue weighted by Gasteiger charge is -2.23. The molecule has 1 aromatic carbocycles. The highest BCUT2D eigenvalue weighted by Crippen LogP contribution is 2.21. The van der Waals surface area contributed by atoms with Gasteiger partial charge in [0.25, 0.3) is 0 Å². The second-order valence-electron chi connectivity index (χ2n) is 4.88. The molecule has 1 aromatic rings. The first-order valence-electron chi connectivity index (χ1n) is 6.67. The number of halogens is 1. The summed E-state index contributed by atoms with van der Waals surface area (Å²) in [4.78, 5) is -0.866. The van der Waals surface area contributed by atoms with Crippen LogP contribution in [0.5, 0.6) is 0 Å². The summed E-state index contributed by atoms with van der Waals surface area (Å²) in [6, 6.07) is 4.36. The van der Waals surface area contributed by atoms with Crippen LogP contribution in [0, 0.1) is 5.92 Å². The molecule has 0 radical (unpaired) electrons. The Bertz CT molecular complexity index is 686. The molecule has 120 valence electrons. The van der Waals surface area contributed by atoms with E-state index >= 15 is 0 Å². The van der Waals surface area contributed by atoms with Crippen LogP contribution < -0.4 is 0 Å². The van der Waals surface area contributed by atoms with Crippen LogP contribution in [0.3, 0.4) is 0 Å². The van der Waals surface area contributed by atoms with Crippen LogP contribution in [0.1, 0.15) is 27.2 Å². The van der Waals surface area contributed by atoms with E-state index in [1.807, 2.05) is 13.8 Å². The first-order valence-corrected chi connectivity index (χ1v) is 9.50. The van der Waals surface area contributed by atoms with Gasteiger partial charge >= 0.3 is 10.2 Å². The van der Waals surface area contributed by atoms with Crippen LogP contribution in [0.2, 0.25) is 0 Å². The Balaban J connectivity index is 3.23. The Hall–Kier alpha value is -0.990. The number of hydrogen-bond acceptors (Lipinski definition) is 4. The fourth-order valence-electron chi connectivity index (χ4n) is 1.81. The first kappa shape index (κ1) is 18.1. The SMILES string of the molecule is CCC(C)CN(CC)S(=O)(=O)c1cccc(S(=O)(=O)F)c1. The molecule has 0 fully saturated rings. The van der Waals surface area contributed by atoms with Gasteiger partial charge in [-0.3, -0.25) is 0 Å². The van der Waals surface area contributed by atoms with Crippen molar-refractivity contribution in [3.05, 3.63) is 24.3 Å². The Kier molecular flexibility index (Phi) is 5.89. The standard InChI is InChI=1S/C13H20FNO4S2/c1-4-11(3)10-15(5-2)21(18,19)13-8-6-7-12(9-13)20(14,16)17/h6-9,11H,4-5,10H2,1-3H3. The molecule has 5 nitrogen and oxygen atoms in total. The number of benzene rings is 1. The first-order chi connectivity index (χ1) is 9.62. The topological polar surface area (TPSA) is 71.5 Å². The Morgan fingerprint density at radius 3 is 2.19 bits per heavy atom. The highest BCUT2D eigenvalue weighted by Gasteiger charge is 2.25. The molecule has 0 saturated carbocycles. The van der Waals surface area contributed by atoms with Gasteiger partial charge in [-0.1, -0.05) is 33.3 Å². The van der Waals surface area contributed by atoms with E-state index in [0.29, 0.717) is 6.54 Å². The van der Waals surface area contributed by atoms with Crippen molar-refractivity contribution < 1.29 is 20.7 Å². The second-order valence-corrected chi connectivity index (χ2v) is 8.17. The minimum atomic E-state index is -4.93. The van der Waals surface area contributed by atoms with Gasteiger partial charge in [0.15, 0.2) is 0 Å². The van der Waals surface area contributed by atoms with E-state index in [1.54, 1.807) is 6.92 Å². The van der Waals surface area contributed by atoms with Gasteiger partial charge in [-0.05, 0) is 24.1 Å². The Labute approximate surface area is 126 Å². The number of rotatable bonds is 7. The molecule has 0 aliphatic heterocycles. The molecule has 8 heteroatoms. The van der Waals surface area contributed by atoms with Crippen molar-refractivity contribution >= 4 is 20.2 Å². The van der Waals surface area contributed by atoms with Gasteiger partial charge in [-0.15, -0.1) is 3.89 Å². The van der Waals surface area contributed by atoms with Crippen molar-refractivity contribution in [2.75, 3.05) is 13.1 Å². The van der Waals surface area contributed by atoms with E-state index in [-0.39, 0.29) is 17.4 Å². The molecule has 1 unspecified atom stereocenters. The van der Waals surface area contributed by atoms with Gasteiger partial charge < -0.3 is 0 Å².